The number of para-hydroxylation sites is 1. The molecule has 0 radical (unpaired) electrons. The number of aromatic nitrogens is 2. The number of anilines is 1. The van der Waals surface area contributed by atoms with E-state index >= 15 is 0 Å². The van der Waals surface area contributed by atoms with Crippen LogP contribution in [0.4, 0.5) is 5.69 Å². The number of amides is 2. The number of hydrogen-bond acceptors (Lipinski definition) is 5. The van der Waals surface area contributed by atoms with Crippen LogP contribution in [0.25, 0.3) is 0 Å². The summed E-state index contributed by atoms with van der Waals surface area (Å²) >= 11 is 0. The van der Waals surface area contributed by atoms with Gasteiger partial charge in [0.25, 0.3) is 0 Å². The summed E-state index contributed by atoms with van der Waals surface area (Å²) in [5.41, 5.74) is 1.35. The molecule has 0 saturated heterocycles. The topological polar surface area (TPSA) is 78.8 Å². The van der Waals surface area contributed by atoms with E-state index in [0.29, 0.717) is 26.1 Å². The van der Waals surface area contributed by atoms with E-state index in [1.807, 2.05) is 50.1 Å². The fourth-order valence-electron chi connectivity index (χ4n) is 3.90. The first-order valence-corrected chi connectivity index (χ1v) is 11.2. The van der Waals surface area contributed by atoms with E-state index < -0.39 is 5.69 Å². The van der Waals surface area contributed by atoms with Gasteiger partial charge in [-0.25, -0.2) is 9.78 Å². The maximum atomic E-state index is 13.2. The van der Waals surface area contributed by atoms with E-state index in [1.54, 1.807) is 17.2 Å². The molecule has 8 heteroatoms. The van der Waals surface area contributed by atoms with Gasteiger partial charge in [0, 0.05) is 50.7 Å². The fourth-order valence-corrected chi connectivity index (χ4v) is 3.90. The Morgan fingerprint density at radius 2 is 1.81 bits per heavy atom. The molecule has 2 aromatic rings. The van der Waals surface area contributed by atoms with Crippen LogP contribution in [0.1, 0.15) is 32.3 Å². The molecule has 0 unspecified atom stereocenters. The van der Waals surface area contributed by atoms with Crippen molar-refractivity contribution in [2.24, 2.45) is 5.92 Å². The van der Waals surface area contributed by atoms with Crippen LogP contribution in [0, 0.1) is 5.92 Å². The minimum absolute atomic E-state index is 0.0610. The molecule has 0 N–H and O–H groups in total. The van der Waals surface area contributed by atoms with Crippen LogP contribution in [0.2, 0.25) is 0 Å². The number of rotatable bonds is 4. The summed E-state index contributed by atoms with van der Waals surface area (Å²) < 4.78 is 1.32. The Bertz CT molecular complexity index is 987. The molecule has 0 fully saturated rings. The van der Waals surface area contributed by atoms with Gasteiger partial charge in [0.2, 0.25) is 11.8 Å². The van der Waals surface area contributed by atoms with Crippen molar-refractivity contribution in [3.63, 3.8) is 0 Å². The Morgan fingerprint density at radius 1 is 1.03 bits per heavy atom. The van der Waals surface area contributed by atoms with E-state index in [-0.39, 0.29) is 24.3 Å². The zero-order chi connectivity index (χ0) is 23.1. The molecule has 1 aliphatic heterocycles. The number of hydrogen-bond donors (Lipinski definition) is 0. The molecule has 2 heterocycles. The molecule has 172 valence electrons. The second kappa shape index (κ2) is 11.0. The second-order valence-corrected chi connectivity index (χ2v) is 8.77. The summed E-state index contributed by atoms with van der Waals surface area (Å²) in [6.45, 7) is 7.14. The fraction of sp³-hybridized carbons (Fsp3) is 0.500. The third-order valence-corrected chi connectivity index (χ3v) is 5.64. The van der Waals surface area contributed by atoms with Crippen LogP contribution in [0.3, 0.4) is 0 Å². The van der Waals surface area contributed by atoms with Crippen LogP contribution in [0.15, 0.2) is 47.5 Å². The number of nitrogens with zero attached hydrogens (tertiary/aromatic N) is 5. The molecule has 0 atom stereocenters. The maximum Gasteiger partial charge on any atom is 0.347 e. The van der Waals surface area contributed by atoms with Crippen molar-refractivity contribution in [3.05, 3.63) is 58.8 Å². The van der Waals surface area contributed by atoms with Gasteiger partial charge in [-0.3, -0.25) is 14.2 Å². The highest BCUT2D eigenvalue weighted by atomic mass is 16.2. The maximum absolute atomic E-state index is 13.2. The van der Waals surface area contributed by atoms with E-state index in [4.69, 9.17) is 0 Å². The van der Waals surface area contributed by atoms with Gasteiger partial charge in [-0.05, 0) is 43.6 Å². The SMILES string of the molecule is CC(C)CC(=O)N1CCCN(C)CCN(C(=O)Cn2cccnc2=O)Cc2ccccc21. The number of benzene rings is 1. The van der Waals surface area contributed by atoms with Gasteiger partial charge in [-0.2, -0.15) is 0 Å². The Morgan fingerprint density at radius 3 is 2.56 bits per heavy atom. The highest BCUT2D eigenvalue weighted by Crippen LogP contribution is 2.25. The molecule has 0 bridgehead atoms. The Balaban J connectivity index is 1.91. The lowest BCUT2D eigenvalue weighted by Crippen LogP contribution is -2.40. The number of likely N-dealkylation sites (N-methyl/N-ethyl adjacent to an activating group) is 1. The molecule has 3 rings (SSSR count). The lowest BCUT2D eigenvalue weighted by atomic mass is 10.1. The standard InChI is InChI=1S/C24H33N5O3/c1-19(2)16-22(30)29-13-7-11-26(3)14-15-27(17-20-8-4-5-9-21(20)29)23(31)18-28-12-6-10-25-24(28)32/h4-6,8-10,12,19H,7,11,13-18H2,1-3H3. The monoisotopic (exact) mass is 439 g/mol. The van der Waals surface area contributed by atoms with Crippen molar-refractivity contribution in [2.45, 2.75) is 39.8 Å². The van der Waals surface area contributed by atoms with Crippen molar-refractivity contribution in [1.29, 1.82) is 0 Å². The molecule has 32 heavy (non-hydrogen) atoms. The van der Waals surface area contributed by atoms with Gasteiger partial charge in [0.05, 0.1) is 0 Å². The average Bonchev–Trinajstić information content (AvgIpc) is 2.78. The lowest BCUT2D eigenvalue weighted by molar-refractivity contribution is -0.132. The van der Waals surface area contributed by atoms with Crippen molar-refractivity contribution in [2.75, 3.05) is 38.1 Å². The van der Waals surface area contributed by atoms with Crippen molar-refractivity contribution < 1.29 is 9.59 Å². The first-order chi connectivity index (χ1) is 15.3. The van der Waals surface area contributed by atoms with Gasteiger partial charge < -0.3 is 14.7 Å². The predicted octanol–water partition coefficient (Wildman–Crippen LogP) is 1.99. The molecule has 1 aliphatic rings. The molecule has 0 aliphatic carbocycles. The summed E-state index contributed by atoms with van der Waals surface area (Å²) in [5.74, 6) is 0.225. The van der Waals surface area contributed by atoms with Gasteiger partial charge in [-0.15, -0.1) is 0 Å². The van der Waals surface area contributed by atoms with Gasteiger partial charge in [0.15, 0.2) is 0 Å². The molecule has 1 aromatic heterocycles. The second-order valence-electron chi connectivity index (χ2n) is 8.77. The molecule has 0 saturated carbocycles. The van der Waals surface area contributed by atoms with E-state index in [0.717, 1.165) is 30.8 Å². The quantitative estimate of drug-likeness (QED) is 0.728. The van der Waals surface area contributed by atoms with Crippen molar-refractivity contribution >= 4 is 17.5 Å². The third-order valence-electron chi connectivity index (χ3n) is 5.64. The Kier molecular flexibility index (Phi) is 8.16. The third kappa shape index (κ3) is 6.26. The Labute approximate surface area is 189 Å². The predicted molar refractivity (Wildman–Crippen MR) is 124 cm³/mol. The zero-order valence-corrected chi connectivity index (χ0v) is 19.2. The normalized spacial score (nSPS) is 15.9. The van der Waals surface area contributed by atoms with Crippen LogP contribution < -0.4 is 10.6 Å². The first kappa shape index (κ1) is 23.7. The van der Waals surface area contributed by atoms with Crippen molar-refractivity contribution in [3.8, 4) is 0 Å². The van der Waals surface area contributed by atoms with Crippen LogP contribution in [-0.4, -0.2) is 64.4 Å². The van der Waals surface area contributed by atoms with Crippen LogP contribution >= 0.6 is 0 Å². The van der Waals surface area contributed by atoms with Crippen LogP contribution in [-0.2, 0) is 22.7 Å². The summed E-state index contributed by atoms with van der Waals surface area (Å²) in [4.78, 5) is 47.8. The highest BCUT2D eigenvalue weighted by Gasteiger charge is 2.23. The summed E-state index contributed by atoms with van der Waals surface area (Å²) in [6, 6.07) is 9.45. The Hall–Kier alpha value is -3.00. The van der Waals surface area contributed by atoms with Gasteiger partial charge in [-0.1, -0.05) is 32.0 Å². The minimum atomic E-state index is -0.443. The van der Waals surface area contributed by atoms with E-state index in [9.17, 15) is 14.4 Å². The molecule has 2 amide bonds. The largest absolute Gasteiger partial charge is 0.347 e. The molecular weight excluding hydrogens is 406 g/mol. The van der Waals surface area contributed by atoms with E-state index in [1.165, 1.54) is 10.8 Å². The van der Waals surface area contributed by atoms with E-state index in [2.05, 4.69) is 9.88 Å². The molecular formula is C24H33N5O3. The summed E-state index contributed by atoms with van der Waals surface area (Å²) in [5, 5.41) is 0. The van der Waals surface area contributed by atoms with Gasteiger partial charge in [0.1, 0.15) is 6.54 Å². The molecule has 0 spiro atoms. The average molecular weight is 440 g/mol. The summed E-state index contributed by atoms with van der Waals surface area (Å²) in [7, 11) is 2.03. The minimum Gasteiger partial charge on any atom is -0.335 e. The lowest BCUT2D eigenvalue weighted by Gasteiger charge is -2.28. The number of carbonyl (C=O) groups is 2. The zero-order valence-electron chi connectivity index (χ0n) is 19.2. The van der Waals surface area contributed by atoms with Gasteiger partial charge >= 0.3 is 5.69 Å². The molecule has 1 aromatic carbocycles. The molecule has 8 nitrogen and oxygen atoms in total. The summed E-state index contributed by atoms with van der Waals surface area (Å²) in [6.07, 6.45) is 4.33. The highest BCUT2D eigenvalue weighted by molar-refractivity contribution is 5.94. The number of fused-ring (bicyclic) bond motifs is 1. The first-order valence-electron chi connectivity index (χ1n) is 11.2. The smallest absolute Gasteiger partial charge is 0.335 e. The number of carbonyl (C=O) groups excluding carboxylic acids is 2. The van der Waals surface area contributed by atoms with Crippen molar-refractivity contribution in [1.82, 2.24) is 19.4 Å². The van der Waals surface area contributed by atoms with Crippen LogP contribution in [0.5, 0.6) is 0 Å².